The second kappa shape index (κ2) is 14.6. The van der Waals surface area contributed by atoms with Crippen LogP contribution in [0.5, 0.6) is 0 Å². The average Bonchev–Trinajstić information content (AvgIpc) is 3.91. The van der Waals surface area contributed by atoms with Crippen molar-refractivity contribution >= 4 is 34.9 Å². The zero-order valence-electron chi connectivity index (χ0n) is 37.4. The van der Waals surface area contributed by atoms with Gasteiger partial charge < -0.3 is 9.80 Å². The van der Waals surface area contributed by atoms with Gasteiger partial charge in [-0.1, -0.05) is 148 Å². The minimum Gasteiger partial charge on any atom is -0.314 e. The Balaban J connectivity index is 0.823. The number of para-hydroxylation sites is 2. The third kappa shape index (κ3) is 5.77. The van der Waals surface area contributed by atoms with E-state index in [4.69, 9.17) is 0 Å². The van der Waals surface area contributed by atoms with Crippen molar-refractivity contribution in [3.8, 4) is 22.3 Å². The Morgan fingerprint density at radius 1 is 0.453 bits per heavy atom. The van der Waals surface area contributed by atoms with Crippen LogP contribution in [0.25, 0.3) is 34.4 Å². The van der Waals surface area contributed by atoms with Crippen LogP contribution >= 0.6 is 0 Å². The second-order valence-corrected chi connectivity index (χ2v) is 20.1. The Bertz CT molecular complexity index is 3100. The number of rotatable bonds is 4. The summed E-state index contributed by atoms with van der Waals surface area (Å²) in [4.78, 5) is 5.22. The SMILES string of the molecule is CC1(C)c2cc(/C=C/c3ccc4c(c3)C3(CCCC3)c3cc(N5C6=C(C=CCC6)CCc6ccccc65)ccc3-4)ccc2-c2ccc(N3C4=C(C=CCC4)CCc4ccccc43)cc21. The minimum absolute atomic E-state index is 0.0724. The number of nitrogens with zero attached hydrogens (tertiary/aromatic N) is 2. The van der Waals surface area contributed by atoms with E-state index < -0.39 is 0 Å². The highest BCUT2D eigenvalue weighted by Gasteiger charge is 2.46. The number of allylic oxidation sites excluding steroid dienone is 8. The topological polar surface area (TPSA) is 6.48 Å². The Morgan fingerprint density at radius 3 is 1.47 bits per heavy atom. The number of anilines is 4. The molecule has 5 aliphatic carbocycles. The fourth-order valence-electron chi connectivity index (χ4n) is 13.1. The largest absolute Gasteiger partial charge is 0.314 e. The highest BCUT2D eigenvalue weighted by Crippen LogP contribution is 2.59. The standard InChI is InChI=1S/C62H56N2/c1-61(2)53-37-41(23-31-49(53)50-33-29-47(39-54(50)61)63-57-17-7-3-13-43(57)25-26-44-14-4-8-18-58(44)63)21-22-42-24-32-51-52-34-30-48(40-56(52)62(55(51)38-42)35-11-12-36-62)64-59-19-9-5-15-45(59)27-28-46-16-6-10-20-60(46)64/h3-7,9,13-17,19,21-24,29-34,37-40H,8,10-12,18,20,25-28,35-36H2,1-2H3/b22-21+. The predicted molar refractivity (Wildman–Crippen MR) is 269 cm³/mol. The molecular formula is C62H56N2. The van der Waals surface area contributed by atoms with Crippen LogP contribution in [-0.4, -0.2) is 0 Å². The molecule has 0 saturated heterocycles. The summed E-state index contributed by atoms with van der Waals surface area (Å²) >= 11 is 0. The van der Waals surface area contributed by atoms with E-state index in [0.717, 1.165) is 51.4 Å². The lowest BCUT2D eigenvalue weighted by atomic mass is 9.76. The van der Waals surface area contributed by atoms with E-state index in [9.17, 15) is 0 Å². The van der Waals surface area contributed by atoms with Gasteiger partial charge in [0.15, 0.2) is 0 Å². The van der Waals surface area contributed by atoms with Crippen LogP contribution in [0.2, 0.25) is 0 Å². The van der Waals surface area contributed by atoms with Crippen molar-refractivity contribution in [3.63, 3.8) is 0 Å². The van der Waals surface area contributed by atoms with Crippen LogP contribution in [0, 0.1) is 0 Å². The molecule has 7 aliphatic rings. The molecule has 64 heavy (non-hydrogen) atoms. The summed E-state index contributed by atoms with van der Waals surface area (Å²) in [5.74, 6) is 0. The van der Waals surface area contributed by atoms with Crippen molar-refractivity contribution in [1.82, 2.24) is 0 Å². The van der Waals surface area contributed by atoms with Gasteiger partial charge in [-0.3, -0.25) is 0 Å². The van der Waals surface area contributed by atoms with Gasteiger partial charge in [0, 0.05) is 45.0 Å². The first-order chi connectivity index (χ1) is 31.4. The third-order valence-electron chi connectivity index (χ3n) is 16.3. The van der Waals surface area contributed by atoms with E-state index in [2.05, 4.69) is 181 Å². The van der Waals surface area contributed by atoms with Gasteiger partial charge in [-0.2, -0.15) is 0 Å². The number of benzene rings is 6. The fourth-order valence-corrected chi connectivity index (χ4v) is 13.1. The van der Waals surface area contributed by atoms with E-state index in [0.29, 0.717) is 0 Å². The summed E-state index contributed by atoms with van der Waals surface area (Å²) in [6.07, 6.45) is 28.1. The molecule has 6 aromatic rings. The molecular weight excluding hydrogens is 773 g/mol. The first-order valence-corrected chi connectivity index (χ1v) is 24.2. The molecule has 6 aromatic carbocycles. The maximum absolute atomic E-state index is 2.63. The van der Waals surface area contributed by atoms with Crippen molar-refractivity contribution < 1.29 is 0 Å². The van der Waals surface area contributed by atoms with E-state index in [-0.39, 0.29) is 10.8 Å². The average molecular weight is 829 g/mol. The van der Waals surface area contributed by atoms with Crippen LogP contribution in [0.15, 0.2) is 168 Å². The Hall–Kier alpha value is -6.38. The van der Waals surface area contributed by atoms with Crippen LogP contribution in [0.4, 0.5) is 22.7 Å². The number of hydrogen-bond acceptors (Lipinski definition) is 2. The maximum Gasteiger partial charge on any atom is 0.0490 e. The zero-order valence-corrected chi connectivity index (χ0v) is 37.4. The predicted octanol–water partition coefficient (Wildman–Crippen LogP) is 16.4. The summed E-state index contributed by atoms with van der Waals surface area (Å²) in [5, 5.41) is 0. The molecule has 1 fully saturated rings. The number of aryl methyl sites for hydroxylation is 2. The molecule has 2 nitrogen and oxygen atoms in total. The van der Waals surface area contributed by atoms with E-state index >= 15 is 0 Å². The van der Waals surface area contributed by atoms with Crippen molar-refractivity contribution in [1.29, 1.82) is 0 Å². The van der Waals surface area contributed by atoms with Gasteiger partial charge in [-0.05, 0) is 179 Å². The quantitative estimate of drug-likeness (QED) is 0.163. The monoisotopic (exact) mass is 828 g/mol. The smallest absolute Gasteiger partial charge is 0.0490 e. The molecule has 2 aliphatic heterocycles. The summed E-state index contributed by atoms with van der Waals surface area (Å²) in [7, 11) is 0. The van der Waals surface area contributed by atoms with Crippen LogP contribution in [-0.2, 0) is 23.7 Å². The third-order valence-corrected chi connectivity index (χ3v) is 16.3. The Labute approximate surface area is 379 Å². The van der Waals surface area contributed by atoms with Gasteiger partial charge in [-0.15, -0.1) is 0 Å². The maximum atomic E-state index is 2.63. The van der Waals surface area contributed by atoms with E-state index in [1.165, 1.54) is 132 Å². The lowest BCUT2D eigenvalue weighted by molar-refractivity contribution is 0.550. The Morgan fingerprint density at radius 2 is 0.906 bits per heavy atom. The molecule has 0 unspecified atom stereocenters. The number of hydrogen-bond donors (Lipinski definition) is 0. The van der Waals surface area contributed by atoms with Crippen LogP contribution in [0.1, 0.15) is 123 Å². The molecule has 0 N–H and O–H groups in total. The zero-order chi connectivity index (χ0) is 42.6. The molecule has 2 heterocycles. The summed E-state index contributed by atoms with van der Waals surface area (Å²) in [6, 6.07) is 47.5. The van der Waals surface area contributed by atoms with Crippen molar-refractivity contribution in [3.05, 3.63) is 213 Å². The highest BCUT2D eigenvalue weighted by molar-refractivity contribution is 5.89. The van der Waals surface area contributed by atoms with Crippen molar-refractivity contribution in [2.45, 2.75) is 102 Å². The lowest BCUT2D eigenvalue weighted by Crippen LogP contribution is -2.22. The number of fused-ring (bicyclic) bond motifs is 10. The first-order valence-electron chi connectivity index (χ1n) is 24.2. The fraction of sp³-hybridized carbons (Fsp3) is 0.258. The van der Waals surface area contributed by atoms with E-state index in [1.807, 2.05) is 0 Å². The Kier molecular flexibility index (Phi) is 8.68. The van der Waals surface area contributed by atoms with Gasteiger partial charge in [-0.25, -0.2) is 0 Å². The van der Waals surface area contributed by atoms with Gasteiger partial charge >= 0.3 is 0 Å². The highest BCUT2D eigenvalue weighted by atomic mass is 15.2. The molecule has 0 amide bonds. The van der Waals surface area contributed by atoms with Crippen LogP contribution in [0.3, 0.4) is 0 Å². The van der Waals surface area contributed by atoms with Gasteiger partial charge in [0.05, 0.1) is 0 Å². The van der Waals surface area contributed by atoms with Gasteiger partial charge in [0.1, 0.15) is 0 Å². The first kappa shape index (κ1) is 38.1. The van der Waals surface area contributed by atoms with Crippen molar-refractivity contribution in [2.24, 2.45) is 0 Å². The summed E-state index contributed by atoms with van der Waals surface area (Å²) < 4.78 is 0. The summed E-state index contributed by atoms with van der Waals surface area (Å²) in [5.41, 5.74) is 28.2. The molecule has 314 valence electrons. The molecule has 1 saturated carbocycles. The van der Waals surface area contributed by atoms with E-state index in [1.54, 1.807) is 5.56 Å². The molecule has 2 heteroatoms. The molecule has 0 radical (unpaired) electrons. The normalized spacial score (nSPS) is 19.5. The summed E-state index contributed by atoms with van der Waals surface area (Å²) in [6.45, 7) is 4.86. The van der Waals surface area contributed by atoms with Crippen LogP contribution < -0.4 is 9.80 Å². The second-order valence-electron chi connectivity index (χ2n) is 20.1. The van der Waals surface area contributed by atoms with Gasteiger partial charge in [0.2, 0.25) is 0 Å². The molecule has 0 atom stereocenters. The van der Waals surface area contributed by atoms with Gasteiger partial charge in [0.25, 0.3) is 0 Å². The minimum atomic E-state index is -0.117. The van der Waals surface area contributed by atoms with Crippen molar-refractivity contribution in [2.75, 3.05) is 9.80 Å². The molecule has 0 aromatic heterocycles. The molecule has 13 rings (SSSR count). The lowest BCUT2D eigenvalue weighted by Gasteiger charge is -2.32. The molecule has 1 spiro atoms. The molecule has 0 bridgehead atoms.